The zero-order chi connectivity index (χ0) is 14.5. The van der Waals surface area contributed by atoms with Gasteiger partial charge in [-0.1, -0.05) is 18.2 Å². The van der Waals surface area contributed by atoms with E-state index in [0.717, 1.165) is 39.4 Å². The highest BCUT2D eigenvalue weighted by Gasteiger charge is 2.20. The van der Waals surface area contributed by atoms with Gasteiger partial charge in [-0.05, 0) is 38.1 Å². The number of nitrogens with one attached hydrogen (secondary N) is 1. The van der Waals surface area contributed by atoms with Crippen LogP contribution in [0.1, 0.15) is 18.4 Å². The topological polar surface area (TPSA) is 27.7 Å². The fourth-order valence-electron chi connectivity index (χ4n) is 3.43. The highest BCUT2D eigenvalue weighted by molar-refractivity contribution is 5.85. The maximum atomic E-state index is 5.48. The number of anilines is 1. The Morgan fingerprint density at radius 3 is 2.73 bits per heavy atom. The van der Waals surface area contributed by atoms with Crippen LogP contribution in [0.2, 0.25) is 0 Å². The Balaban J connectivity index is 0.00000176. The van der Waals surface area contributed by atoms with Crippen LogP contribution in [0.3, 0.4) is 0 Å². The van der Waals surface area contributed by atoms with Crippen molar-refractivity contribution in [2.24, 2.45) is 0 Å². The van der Waals surface area contributed by atoms with E-state index in [0.29, 0.717) is 6.04 Å². The Kier molecular flexibility index (Phi) is 6.96. The molecule has 0 amide bonds. The van der Waals surface area contributed by atoms with Crippen LogP contribution in [0.15, 0.2) is 24.3 Å². The second kappa shape index (κ2) is 8.73. The first-order chi connectivity index (χ1) is 10.4. The maximum Gasteiger partial charge on any atom is 0.0642 e. The molecule has 1 atom stereocenters. The zero-order valence-corrected chi connectivity index (χ0v) is 14.3. The molecule has 3 rings (SSSR count). The van der Waals surface area contributed by atoms with E-state index in [1.807, 2.05) is 0 Å². The molecule has 2 heterocycles. The Bertz CT molecular complexity index is 451. The summed E-state index contributed by atoms with van der Waals surface area (Å²) in [5, 5.41) is 3.43. The lowest BCUT2D eigenvalue weighted by atomic mass is 10.0. The van der Waals surface area contributed by atoms with Crippen molar-refractivity contribution in [3.63, 3.8) is 0 Å². The molecular formula is C17H28ClN3O. The van der Waals surface area contributed by atoms with Gasteiger partial charge in [0, 0.05) is 37.9 Å². The number of likely N-dealkylation sites (N-methyl/N-ethyl adjacent to an activating group) is 1. The summed E-state index contributed by atoms with van der Waals surface area (Å²) in [6.45, 7) is 7.15. The minimum atomic E-state index is 0. The molecule has 1 unspecified atom stereocenters. The van der Waals surface area contributed by atoms with Gasteiger partial charge in [0.2, 0.25) is 0 Å². The predicted octanol–water partition coefficient (Wildman–Crippen LogP) is 2.13. The van der Waals surface area contributed by atoms with Gasteiger partial charge in [0.15, 0.2) is 0 Å². The van der Waals surface area contributed by atoms with Gasteiger partial charge in [-0.15, -0.1) is 12.4 Å². The molecule has 0 bridgehead atoms. The molecule has 0 aliphatic carbocycles. The van der Waals surface area contributed by atoms with Gasteiger partial charge in [-0.25, -0.2) is 0 Å². The third-order valence-corrected chi connectivity index (χ3v) is 4.65. The molecule has 1 aromatic carbocycles. The largest absolute Gasteiger partial charge is 0.378 e. The van der Waals surface area contributed by atoms with E-state index in [-0.39, 0.29) is 12.4 Å². The van der Waals surface area contributed by atoms with Gasteiger partial charge in [-0.2, -0.15) is 0 Å². The number of hydrogen-bond acceptors (Lipinski definition) is 4. The van der Waals surface area contributed by atoms with E-state index in [9.17, 15) is 0 Å². The molecule has 0 aromatic heterocycles. The van der Waals surface area contributed by atoms with E-state index in [4.69, 9.17) is 4.74 Å². The first kappa shape index (κ1) is 17.5. The van der Waals surface area contributed by atoms with Crippen molar-refractivity contribution in [3.8, 4) is 0 Å². The molecule has 0 saturated carbocycles. The highest BCUT2D eigenvalue weighted by Crippen LogP contribution is 2.24. The fraction of sp³-hybridized carbons (Fsp3) is 0.647. The second-order valence-corrected chi connectivity index (χ2v) is 6.09. The maximum absolute atomic E-state index is 5.48. The van der Waals surface area contributed by atoms with Crippen molar-refractivity contribution in [2.75, 3.05) is 51.3 Å². The van der Waals surface area contributed by atoms with E-state index in [1.54, 1.807) is 0 Å². The number of likely N-dealkylation sites (tertiary alicyclic amines) is 1. The summed E-state index contributed by atoms with van der Waals surface area (Å²) in [5.74, 6) is 0. The first-order valence-electron chi connectivity index (χ1n) is 8.17. The predicted molar refractivity (Wildman–Crippen MR) is 94.1 cm³/mol. The van der Waals surface area contributed by atoms with Crippen molar-refractivity contribution in [1.29, 1.82) is 0 Å². The molecule has 0 radical (unpaired) electrons. The molecule has 124 valence electrons. The van der Waals surface area contributed by atoms with Crippen LogP contribution in [0.25, 0.3) is 0 Å². The molecule has 2 saturated heterocycles. The van der Waals surface area contributed by atoms with Crippen LogP contribution in [-0.4, -0.2) is 57.4 Å². The van der Waals surface area contributed by atoms with Gasteiger partial charge < -0.3 is 15.0 Å². The molecule has 1 aromatic rings. The number of para-hydroxylation sites is 1. The quantitative estimate of drug-likeness (QED) is 0.918. The molecule has 1 N–H and O–H groups in total. The number of benzene rings is 1. The summed E-state index contributed by atoms with van der Waals surface area (Å²) < 4.78 is 5.48. The molecular weight excluding hydrogens is 298 g/mol. The van der Waals surface area contributed by atoms with Crippen molar-refractivity contribution in [1.82, 2.24) is 10.2 Å². The van der Waals surface area contributed by atoms with Crippen LogP contribution >= 0.6 is 12.4 Å². The van der Waals surface area contributed by atoms with E-state index in [2.05, 4.69) is 46.4 Å². The van der Waals surface area contributed by atoms with Crippen molar-refractivity contribution < 1.29 is 4.74 Å². The van der Waals surface area contributed by atoms with Crippen LogP contribution in [0.4, 0.5) is 5.69 Å². The minimum Gasteiger partial charge on any atom is -0.378 e. The standard InChI is InChI=1S/C17H27N3O.ClH/c1-18-16-6-4-8-19(14-16)13-15-5-2-3-7-17(15)20-9-11-21-12-10-20;/h2-3,5,7,16,18H,4,6,8-14H2,1H3;1H. The lowest BCUT2D eigenvalue weighted by Gasteiger charge is -2.35. The number of hydrogen-bond donors (Lipinski definition) is 1. The SMILES string of the molecule is CNC1CCCN(Cc2ccccc2N2CCOCC2)C1.Cl. The Morgan fingerprint density at radius 2 is 1.95 bits per heavy atom. The van der Waals surface area contributed by atoms with E-state index >= 15 is 0 Å². The normalized spacial score (nSPS) is 23.1. The molecule has 0 spiro atoms. The van der Waals surface area contributed by atoms with Crippen molar-refractivity contribution >= 4 is 18.1 Å². The average Bonchev–Trinajstić information content (AvgIpc) is 2.56. The number of ether oxygens (including phenoxy) is 1. The third kappa shape index (κ3) is 4.35. The average molecular weight is 326 g/mol. The van der Waals surface area contributed by atoms with Crippen LogP contribution in [0.5, 0.6) is 0 Å². The number of nitrogens with zero attached hydrogens (tertiary/aromatic N) is 2. The van der Waals surface area contributed by atoms with Gasteiger partial charge in [0.1, 0.15) is 0 Å². The summed E-state index contributed by atoms with van der Waals surface area (Å²) in [6.07, 6.45) is 2.60. The van der Waals surface area contributed by atoms with Gasteiger partial charge in [0.25, 0.3) is 0 Å². The summed E-state index contributed by atoms with van der Waals surface area (Å²) >= 11 is 0. The molecule has 5 heteroatoms. The Labute approximate surface area is 140 Å². The van der Waals surface area contributed by atoms with Gasteiger partial charge >= 0.3 is 0 Å². The van der Waals surface area contributed by atoms with Crippen LogP contribution in [0, 0.1) is 0 Å². The number of piperidine rings is 1. The highest BCUT2D eigenvalue weighted by atomic mass is 35.5. The van der Waals surface area contributed by atoms with Crippen LogP contribution in [-0.2, 0) is 11.3 Å². The van der Waals surface area contributed by atoms with E-state index in [1.165, 1.54) is 30.6 Å². The fourth-order valence-corrected chi connectivity index (χ4v) is 3.43. The smallest absolute Gasteiger partial charge is 0.0642 e. The summed E-state index contributed by atoms with van der Waals surface area (Å²) in [4.78, 5) is 5.06. The first-order valence-corrected chi connectivity index (χ1v) is 8.17. The van der Waals surface area contributed by atoms with Crippen LogP contribution < -0.4 is 10.2 Å². The van der Waals surface area contributed by atoms with Gasteiger partial charge in [-0.3, -0.25) is 4.90 Å². The minimum absolute atomic E-state index is 0. The molecule has 22 heavy (non-hydrogen) atoms. The second-order valence-electron chi connectivity index (χ2n) is 6.09. The summed E-state index contributed by atoms with van der Waals surface area (Å²) in [7, 11) is 2.08. The molecule has 2 aliphatic heterocycles. The van der Waals surface area contributed by atoms with Crippen molar-refractivity contribution in [2.45, 2.75) is 25.4 Å². The molecule has 2 aliphatic rings. The summed E-state index contributed by atoms with van der Waals surface area (Å²) in [5.41, 5.74) is 2.85. The molecule has 4 nitrogen and oxygen atoms in total. The lowest BCUT2D eigenvalue weighted by molar-refractivity contribution is 0.122. The number of halogens is 1. The third-order valence-electron chi connectivity index (χ3n) is 4.65. The number of rotatable bonds is 4. The van der Waals surface area contributed by atoms with E-state index < -0.39 is 0 Å². The lowest BCUT2D eigenvalue weighted by Crippen LogP contribution is -2.44. The zero-order valence-electron chi connectivity index (χ0n) is 13.5. The van der Waals surface area contributed by atoms with Gasteiger partial charge in [0.05, 0.1) is 13.2 Å². The Morgan fingerprint density at radius 1 is 1.18 bits per heavy atom. The monoisotopic (exact) mass is 325 g/mol. The molecule has 2 fully saturated rings. The number of morpholine rings is 1. The van der Waals surface area contributed by atoms with Crippen molar-refractivity contribution in [3.05, 3.63) is 29.8 Å². The summed E-state index contributed by atoms with van der Waals surface area (Å²) in [6, 6.07) is 9.52. The Hall–Kier alpha value is -0.810.